The van der Waals surface area contributed by atoms with Gasteiger partial charge in [0.1, 0.15) is 0 Å². The van der Waals surface area contributed by atoms with Crippen LogP contribution in [0.25, 0.3) is 0 Å². The molecule has 0 unspecified atom stereocenters. The molecule has 2 aromatic rings. The lowest BCUT2D eigenvalue weighted by molar-refractivity contribution is 0.287. The van der Waals surface area contributed by atoms with Gasteiger partial charge in [-0.1, -0.05) is 23.7 Å². The summed E-state index contributed by atoms with van der Waals surface area (Å²) in [4.78, 5) is 0.117. The largest absolute Gasteiger partial charge is 0.490 e. The summed E-state index contributed by atoms with van der Waals surface area (Å²) in [5.74, 6) is 1.21. The van der Waals surface area contributed by atoms with Crippen molar-refractivity contribution < 1.29 is 17.9 Å². The second kappa shape index (κ2) is 11.5. The molecule has 2 aromatic carbocycles. The summed E-state index contributed by atoms with van der Waals surface area (Å²) in [6.45, 7) is 6.21. The lowest BCUT2D eigenvalue weighted by Crippen LogP contribution is -2.17. The van der Waals surface area contributed by atoms with Gasteiger partial charge in [-0.05, 0) is 62.2 Å². The molecule has 3 N–H and O–H groups in total. The fourth-order valence-corrected chi connectivity index (χ4v) is 3.39. The number of primary sulfonamides is 1. The van der Waals surface area contributed by atoms with Crippen molar-refractivity contribution in [1.82, 2.24) is 5.32 Å². The zero-order valence-corrected chi connectivity index (χ0v) is 18.3. The average Bonchev–Trinajstić information content (AvgIpc) is 2.61. The molecular weight excluding hydrogens is 423 g/mol. The Balaban J connectivity index is 0.00000392. The molecule has 0 spiro atoms. The average molecular weight is 449 g/mol. The van der Waals surface area contributed by atoms with Gasteiger partial charge < -0.3 is 14.8 Å². The highest BCUT2D eigenvalue weighted by Crippen LogP contribution is 2.36. The van der Waals surface area contributed by atoms with Gasteiger partial charge in [-0.15, -0.1) is 12.4 Å². The monoisotopic (exact) mass is 448 g/mol. The Morgan fingerprint density at radius 3 is 2.25 bits per heavy atom. The van der Waals surface area contributed by atoms with Crippen LogP contribution in [0.2, 0.25) is 5.02 Å². The molecule has 0 amide bonds. The molecule has 2 rings (SSSR count). The molecule has 28 heavy (non-hydrogen) atoms. The van der Waals surface area contributed by atoms with Gasteiger partial charge in [-0.3, -0.25) is 0 Å². The zero-order chi connectivity index (χ0) is 19.9. The van der Waals surface area contributed by atoms with Crippen LogP contribution in [-0.4, -0.2) is 28.2 Å². The van der Waals surface area contributed by atoms with E-state index in [4.69, 9.17) is 26.2 Å². The number of benzene rings is 2. The van der Waals surface area contributed by atoms with E-state index in [1.165, 1.54) is 12.1 Å². The molecule has 6 nitrogen and oxygen atoms in total. The molecule has 0 aliphatic carbocycles. The Kier molecular flexibility index (Phi) is 10.1. The smallest absolute Gasteiger partial charge is 0.238 e. The van der Waals surface area contributed by atoms with Crippen LogP contribution in [0.15, 0.2) is 41.3 Å². The summed E-state index contributed by atoms with van der Waals surface area (Å²) >= 11 is 6.32. The summed E-state index contributed by atoms with van der Waals surface area (Å²) in [5.41, 5.74) is 2.02. The maximum absolute atomic E-state index is 11.3. The fourth-order valence-electron chi connectivity index (χ4n) is 2.58. The summed E-state index contributed by atoms with van der Waals surface area (Å²) in [6.07, 6.45) is 0.758. The van der Waals surface area contributed by atoms with Crippen LogP contribution < -0.4 is 19.9 Å². The van der Waals surface area contributed by atoms with Crippen LogP contribution in [0, 0.1) is 0 Å². The van der Waals surface area contributed by atoms with Gasteiger partial charge in [0.05, 0.1) is 23.1 Å². The van der Waals surface area contributed by atoms with Crippen molar-refractivity contribution in [3.05, 3.63) is 52.5 Å². The van der Waals surface area contributed by atoms with E-state index >= 15 is 0 Å². The standard InChI is InChI=1S/C19H25ClN2O4S.ClH/c1-3-25-18-12-15(11-17(20)19(18)26-4-2)13-22-10-9-14-5-7-16(8-6-14)27(21,23)24;/h5-8,11-12,22H,3-4,9-10,13H2,1-2H3,(H2,21,23,24);1H. The van der Waals surface area contributed by atoms with E-state index in [0.29, 0.717) is 36.3 Å². The van der Waals surface area contributed by atoms with E-state index in [1.807, 2.05) is 26.0 Å². The zero-order valence-electron chi connectivity index (χ0n) is 15.9. The number of sulfonamides is 1. The fraction of sp³-hybridized carbons (Fsp3) is 0.368. The highest BCUT2D eigenvalue weighted by molar-refractivity contribution is 7.89. The number of halogens is 2. The minimum Gasteiger partial charge on any atom is -0.490 e. The maximum atomic E-state index is 11.3. The Morgan fingerprint density at radius 1 is 1.04 bits per heavy atom. The highest BCUT2D eigenvalue weighted by Gasteiger charge is 2.12. The number of hydrogen-bond donors (Lipinski definition) is 2. The Hall–Kier alpha value is -1.51. The number of nitrogens with one attached hydrogen (secondary N) is 1. The van der Waals surface area contributed by atoms with E-state index in [-0.39, 0.29) is 17.3 Å². The Morgan fingerprint density at radius 2 is 1.68 bits per heavy atom. The lowest BCUT2D eigenvalue weighted by Gasteiger charge is -2.14. The summed E-state index contributed by atoms with van der Waals surface area (Å²) in [6, 6.07) is 10.4. The van der Waals surface area contributed by atoms with E-state index in [1.54, 1.807) is 12.1 Å². The van der Waals surface area contributed by atoms with Gasteiger partial charge in [0.2, 0.25) is 10.0 Å². The van der Waals surface area contributed by atoms with Crippen LogP contribution in [0.3, 0.4) is 0 Å². The van der Waals surface area contributed by atoms with Gasteiger partial charge in [0.25, 0.3) is 0 Å². The first-order chi connectivity index (χ1) is 12.8. The molecule has 0 saturated heterocycles. The van der Waals surface area contributed by atoms with Crippen LogP contribution in [-0.2, 0) is 23.0 Å². The van der Waals surface area contributed by atoms with Crippen LogP contribution >= 0.6 is 24.0 Å². The Bertz CT molecular complexity index is 859. The van der Waals surface area contributed by atoms with Crippen LogP contribution in [0.5, 0.6) is 11.5 Å². The van der Waals surface area contributed by atoms with Crippen molar-refractivity contribution >= 4 is 34.0 Å². The van der Waals surface area contributed by atoms with Gasteiger partial charge in [-0.25, -0.2) is 13.6 Å². The SMILES string of the molecule is CCOc1cc(CNCCc2ccc(S(N)(=O)=O)cc2)cc(Cl)c1OCC.Cl. The third-order valence-corrected chi connectivity index (χ3v) is 5.04. The first-order valence-corrected chi connectivity index (χ1v) is 10.7. The maximum Gasteiger partial charge on any atom is 0.238 e. The molecule has 0 aromatic heterocycles. The van der Waals surface area contributed by atoms with Gasteiger partial charge in [-0.2, -0.15) is 0 Å². The minimum atomic E-state index is -3.65. The van der Waals surface area contributed by atoms with Crippen molar-refractivity contribution in [3.63, 3.8) is 0 Å². The third-order valence-electron chi connectivity index (χ3n) is 3.83. The van der Waals surface area contributed by atoms with E-state index < -0.39 is 10.0 Å². The van der Waals surface area contributed by atoms with Crippen molar-refractivity contribution in [2.75, 3.05) is 19.8 Å². The normalized spacial score (nSPS) is 11.0. The molecule has 0 radical (unpaired) electrons. The van der Waals surface area contributed by atoms with Crippen molar-refractivity contribution in [3.8, 4) is 11.5 Å². The minimum absolute atomic E-state index is 0. The first kappa shape index (κ1) is 24.5. The number of hydrogen-bond acceptors (Lipinski definition) is 5. The number of ether oxygens (including phenoxy) is 2. The lowest BCUT2D eigenvalue weighted by atomic mass is 10.1. The molecule has 0 aliphatic rings. The van der Waals surface area contributed by atoms with Crippen molar-refractivity contribution in [2.24, 2.45) is 5.14 Å². The summed E-state index contributed by atoms with van der Waals surface area (Å²) < 4.78 is 33.7. The highest BCUT2D eigenvalue weighted by atomic mass is 35.5. The molecule has 0 fully saturated rings. The van der Waals surface area contributed by atoms with Crippen LogP contribution in [0.1, 0.15) is 25.0 Å². The first-order valence-electron chi connectivity index (χ1n) is 8.75. The van der Waals surface area contributed by atoms with E-state index in [0.717, 1.165) is 24.1 Å². The second-order valence-electron chi connectivity index (χ2n) is 5.89. The molecule has 9 heteroatoms. The molecule has 0 atom stereocenters. The second-order valence-corrected chi connectivity index (χ2v) is 7.86. The predicted octanol–water partition coefficient (Wildman–Crippen LogP) is 3.54. The number of nitrogens with two attached hydrogens (primary N) is 1. The molecule has 0 aliphatic heterocycles. The molecule has 0 saturated carbocycles. The third kappa shape index (κ3) is 7.14. The van der Waals surface area contributed by atoms with Gasteiger partial charge in [0.15, 0.2) is 11.5 Å². The van der Waals surface area contributed by atoms with Crippen molar-refractivity contribution in [2.45, 2.75) is 31.7 Å². The van der Waals surface area contributed by atoms with E-state index in [2.05, 4.69) is 5.32 Å². The van der Waals surface area contributed by atoms with Crippen molar-refractivity contribution in [1.29, 1.82) is 0 Å². The van der Waals surface area contributed by atoms with Gasteiger partial charge in [0, 0.05) is 6.54 Å². The summed E-state index contributed by atoms with van der Waals surface area (Å²) in [7, 11) is -3.65. The van der Waals surface area contributed by atoms with E-state index in [9.17, 15) is 8.42 Å². The summed E-state index contributed by atoms with van der Waals surface area (Å²) in [5, 5.41) is 8.97. The molecule has 156 valence electrons. The van der Waals surface area contributed by atoms with Gasteiger partial charge >= 0.3 is 0 Å². The quantitative estimate of drug-likeness (QED) is 0.542. The Labute approximate surface area is 177 Å². The predicted molar refractivity (Wildman–Crippen MR) is 114 cm³/mol. The topological polar surface area (TPSA) is 90.6 Å². The number of rotatable bonds is 10. The van der Waals surface area contributed by atoms with Crippen LogP contribution in [0.4, 0.5) is 0 Å². The molecule has 0 bridgehead atoms. The molecular formula is C19H26Cl2N2O4S. The molecule has 0 heterocycles.